The minimum absolute atomic E-state index is 0.00344. The molecule has 3 fully saturated rings. The molecular formula is C27H35Cl2N5O4. The van der Waals surface area contributed by atoms with Crippen molar-refractivity contribution in [3.05, 3.63) is 45.7 Å². The van der Waals surface area contributed by atoms with Gasteiger partial charge in [0.15, 0.2) is 0 Å². The molecular weight excluding hydrogens is 529 g/mol. The molecule has 2 saturated heterocycles. The predicted octanol–water partition coefficient (Wildman–Crippen LogP) is 3.91. The molecule has 1 aromatic heterocycles. The Morgan fingerprint density at radius 3 is 2.63 bits per heavy atom. The lowest BCUT2D eigenvalue weighted by atomic mass is 9.85. The van der Waals surface area contributed by atoms with Crippen molar-refractivity contribution in [1.82, 2.24) is 25.2 Å². The van der Waals surface area contributed by atoms with Gasteiger partial charge in [-0.05, 0) is 48.4 Å². The number of likely N-dealkylation sites (tertiary alicyclic amines) is 1. The van der Waals surface area contributed by atoms with Gasteiger partial charge in [0.1, 0.15) is 12.1 Å². The maximum Gasteiger partial charge on any atom is 0.248 e. The first-order valence-corrected chi connectivity index (χ1v) is 14.0. The van der Waals surface area contributed by atoms with Crippen LogP contribution in [0.2, 0.25) is 10.0 Å². The Balaban J connectivity index is 1.40. The maximum atomic E-state index is 14.0. The van der Waals surface area contributed by atoms with Crippen LogP contribution >= 0.6 is 23.2 Å². The number of carbonyl (C=O) groups is 2. The number of ether oxygens (including phenoxy) is 1. The first kappa shape index (κ1) is 27.4. The van der Waals surface area contributed by atoms with Crippen molar-refractivity contribution in [2.24, 2.45) is 11.3 Å². The molecule has 2 N–H and O–H groups in total. The number of amides is 2. The largest absolute Gasteiger partial charge is 0.391 e. The lowest BCUT2D eigenvalue weighted by molar-refractivity contribution is -0.144. The highest BCUT2D eigenvalue weighted by Gasteiger charge is 2.46. The molecule has 3 heterocycles. The number of nitrogens with one attached hydrogen (secondary N) is 1. The summed E-state index contributed by atoms with van der Waals surface area (Å²) in [7, 11) is 0. The van der Waals surface area contributed by atoms with E-state index in [0.717, 1.165) is 25.0 Å². The summed E-state index contributed by atoms with van der Waals surface area (Å²) in [5, 5.41) is 23.3. The first-order valence-electron chi connectivity index (χ1n) is 13.3. The van der Waals surface area contributed by atoms with E-state index in [1.165, 1.54) is 4.90 Å². The molecule has 1 aromatic carbocycles. The van der Waals surface area contributed by atoms with E-state index in [0.29, 0.717) is 34.7 Å². The molecule has 1 aliphatic carbocycles. The number of nitrogens with zero attached hydrogens (tertiary/aromatic N) is 4. The van der Waals surface area contributed by atoms with Crippen LogP contribution in [0.5, 0.6) is 0 Å². The van der Waals surface area contributed by atoms with Gasteiger partial charge >= 0.3 is 0 Å². The van der Waals surface area contributed by atoms with E-state index >= 15 is 0 Å². The van der Waals surface area contributed by atoms with E-state index in [4.69, 9.17) is 27.9 Å². The quantitative estimate of drug-likeness (QED) is 0.528. The van der Waals surface area contributed by atoms with Gasteiger partial charge in [-0.3, -0.25) is 9.59 Å². The van der Waals surface area contributed by atoms with Crippen molar-refractivity contribution in [3.63, 3.8) is 0 Å². The van der Waals surface area contributed by atoms with Crippen LogP contribution in [0.4, 0.5) is 0 Å². The number of benzene rings is 1. The van der Waals surface area contributed by atoms with Crippen molar-refractivity contribution >= 4 is 35.0 Å². The van der Waals surface area contributed by atoms with Crippen LogP contribution in [-0.4, -0.2) is 68.7 Å². The summed E-state index contributed by atoms with van der Waals surface area (Å²) < 4.78 is 7.23. The predicted molar refractivity (Wildman–Crippen MR) is 143 cm³/mol. The summed E-state index contributed by atoms with van der Waals surface area (Å²) in [5.74, 6) is -0.194. The number of aromatic nitrogens is 3. The molecule has 38 heavy (non-hydrogen) atoms. The fourth-order valence-electron chi connectivity index (χ4n) is 5.59. The highest BCUT2D eigenvalue weighted by molar-refractivity contribution is 6.33. The van der Waals surface area contributed by atoms with Crippen molar-refractivity contribution in [2.75, 3.05) is 19.8 Å². The Hall–Kier alpha value is -2.20. The van der Waals surface area contributed by atoms with Gasteiger partial charge < -0.3 is 20.1 Å². The number of aliphatic hydroxyl groups is 1. The average molecular weight is 565 g/mol. The van der Waals surface area contributed by atoms with Gasteiger partial charge in [-0.2, -0.15) is 0 Å². The van der Waals surface area contributed by atoms with Crippen molar-refractivity contribution in [1.29, 1.82) is 0 Å². The third-order valence-corrected chi connectivity index (χ3v) is 8.31. The van der Waals surface area contributed by atoms with E-state index in [9.17, 15) is 14.7 Å². The number of rotatable bonds is 7. The van der Waals surface area contributed by atoms with E-state index < -0.39 is 29.6 Å². The number of hydrogen-bond donors (Lipinski definition) is 2. The van der Waals surface area contributed by atoms with Crippen molar-refractivity contribution in [2.45, 2.75) is 76.6 Å². The van der Waals surface area contributed by atoms with Gasteiger partial charge in [-0.25, -0.2) is 4.68 Å². The second-order valence-corrected chi connectivity index (χ2v) is 12.7. The topological polar surface area (TPSA) is 110 Å². The third-order valence-electron chi connectivity index (χ3n) is 7.73. The van der Waals surface area contributed by atoms with E-state index in [1.54, 1.807) is 22.9 Å². The van der Waals surface area contributed by atoms with Crippen LogP contribution in [0.3, 0.4) is 0 Å². The molecule has 2 amide bonds. The second kappa shape index (κ2) is 10.8. The molecule has 11 heteroatoms. The van der Waals surface area contributed by atoms with E-state index in [1.807, 2.05) is 27.0 Å². The fraction of sp³-hybridized carbons (Fsp3) is 0.630. The van der Waals surface area contributed by atoms with Gasteiger partial charge in [-0.1, -0.05) is 49.2 Å². The van der Waals surface area contributed by atoms with Gasteiger partial charge in [0.25, 0.3) is 0 Å². The monoisotopic (exact) mass is 563 g/mol. The summed E-state index contributed by atoms with van der Waals surface area (Å²) in [4.78, 5) is 29.3. The number of β-amino-alcohol motifs (C(OH)–C–C–N with tert-alkyl or cyclic N) is 1. The minimum atomic E-state index is -0.837. The normalized spacial score (nSPS) is 25.4. The van der Waals surface area contributed by atoms with Gasteiger partial charge in [0.05, 0.1) is 24.4 Å². The van der Waals surface area contributed by atoms with Gasteiger partial charge in [0.2, 0.25) is 11.8 Å². The number of halogens is 2. The standard InChI is InChI=1S/C27H35Cl2N5O4/c1-27(2,3)24(34-13-21(31-32-34)15-4-5-15)26(37)33-12-18(35)11-22(33)25(36)30-23(16-8-9-38-14-16)19-10-17(28)6-7-20(19)29/h6-7,10,13,15-16,18,22-24,35H,4-5,8-9,11-12,14H2,1-3H3,(H,30,36). The zero-order valence-corrected chi connectivity index (χ0v) is 23.5. The smallest absolute Gasteiger partial charge is 0.248 e. The summed E-state index contributed by atoms with van der Waals surface area (Å²) in [6.07, 6.45) is 4.11. The lowest BCUT2D eigenvalue weighted by Crippen LogP contribution is -2.51. The highest BCUT2D eigenvalue weighted by atomic mass is 35.5. The van der Waals surface area contributed by atoms with Crippen molar-refractivity contribution < 1.29 is 19.4 Å². The van der Waals surface area contributed by atoms with Crippen LogP contribution in [0, 0.1) is 11.3 Å². The third kappa shape index (κ3) is 5.71. The molecule has 9 nitrogen and oxygen atoms in total. The molecule has 5 atom stereocenters. The molecule has 2 aliphatic heterocycles. The number of hydrogen-bond acceptors (Lipinski definition) is 6. The molecule has 206 valence electrons. The van der Waals surface area contributed by atoms with Crippen LogP contribution in [0.25, 0.3) is 0 Å². The highest BCUT2D eigenvalue weighted by Crippen LogP contribution is 2.41. The van der Waals surface area contributed by atoms with Gasteiger partial charge in [0, 0.05) is 47.7 Å². The molecule has 5 unspecified atom stereocenters. The first-order chi connectivity index (χ1) is 18.0. The van der Waals surface area contributed by atoms with E-state index in [2.05, 4.69) is 15.6 Å². The Bertz CT molecular complexity index is 1190. The van der Waals surface area contributed by atoms with Crippen molar-refractivity contribution in [3.8, 4) is 0 Å². The summed E-state index contributed by atoms with van der Waals surface area (Å²) in [6, 6.07) is 3.22. The van der Waals surface area contributed by atoms with Crippen LogP contribution in [0.1, 0.15) is 75.7 Å². The summed E-state index contributed by atoms with van der Waals surface area (Å²) in [6.45, 7) is 7.04. The van der Waals surface area contributed by atoms with Crippen LogP contribution < -0.4 is 5.32 Å². The summed E-state index contributed by atoms with van der Waals surface area (Å²) >= 11 is 12.8. The SMILES string of the molecule is CC(C)(C)C(C(=O)N1CC(O)CC1C(=O)NC(c1cc(Cl)ccc1Cl)C1CCOC1)n1cc(C2CC2)nn1. The Labute approximate surface area is 232 Å². The minimum Gasteiger partial charge on any atom is -0.391 e. The molecule has 3 aliphatic rings. The van der Waals surface area contributed by atoms with Gasteiger partial charge in [-0.15, -0.1) is 5.10 Å². The zero-order valence-electron chi connectivity index (χ0n) is 21.9. The maximum absolute atomic E-state index is 14.0. The molecule has 1 saturated carbocycles. The van der Waals surface area contributed by atoms with Crippen LogP contribution in [0.15, 0.2) is 24.4 Å². The number of aliphatic hydroxyl groups excluding tert-OH is 1. The molecule has 2 aromatic rings. The molecule has 0 spiro atoms. The molecule has 0 bridgehead atoms. The Morgan fingerprint density at radius 2 is 1.97 bits per heavy atom. The second-order valence-electron chi connectivity index (χ2n) is 11.8. The zero-order chi connectivity index (χ0) is 27.2. The Kier molecular flexibility index (Phi) is 7.75. The van der Waals surface area contributed by atoms with E-state index in [-0.39, 0.29) is 30.7 Å². The lowest BCUT2D eigenvalue weighted by Gasteiger charge is -2.35. The Morgan fingerprint density at radius 1 is 1.21 bits per heavy atom. The molecule has 5 rings (SSSR count). The number of carbonyl (C=O) groups excluding carboxylic acids is 2. The van der Waals surface area contributed by atoms with Crippen LogP contribution in [-0.2, 0) is 14.3 Å². The summed E-state index contributed by atoms with van der Waals surface area (Å²) in [5.41, 5.74) is 1.10. The fourth-order valence-corrected chi connectivity index (χ4v) is 6.01. The average Bonchev–Trinajstić information content (AvgIpc) is 3.22. The molecule has 0 radical (unpaired) electrons.